The van der Waals surface area contributed by atoms with Crippen LogP contribution in [0.25, 0.3) is 22.4 Å². The summed E-state index contributed by atoms with van der Waals surface area (Å²) in [5, 5.41) is 13.8. The van der Waals surface area contributed by atoms with Crippen LogP contribution < -0.4 is 14.8 Å². The maximum atomic E-state index is 12.7. The number of para-hydroxylation sites is 1. The van der Waals surface area contributed by atoms with Crippen molar-refractivity contribution in [1.82, 2.24) is 4.98 Å². The standard InChI is InChI=1S/C31H29N3O3S/c1-20-13-14-26(21(2)17-20)33-29(35)15-16-38-31-25(19-32)24(18-27(34-31)22-9-6-5-7-10-22)23-11-8-12-28(36-3)30(23)37-4/h5-14,17-18H,15-16H2,1-4H3,(H,33,35). The van der Waals surface area contributed by atoms with Crippen LogP contribution in [0.2, 0.25) is 0 Å². The van der Waals surface area contributed by atoms with Crippen LogP contribution in [0.5, 0.6) is 11.5 Å². The van der Waals surface area contributed by atoms with E-state index in [-0.39, 0.29) is 12.3 Å². The van der Waals surface area contributed by atoms with E-state index in [4.69, 9.17) is 14.5 Å². The summed E-state index contributed by atoms with van der Waals surface area (Å²) < 4.78 is 11.2. The number of nitrogens with one attached hydrogen (secondary N) is 1. The molecule has 0 aliphatic heterocycles. The van der Waals surface area contributed by atoms with E-state index in [2.05, 4.69) is 11.4 Å². The van der Waals surface area contributed by atoms with Crippen molar-refractivity contribution in [3.63, 3.8) is 0 Å². The summed E-state index contributed by atoms with van der Waals surface area (Å²) >= 11 is 1.39. The molecule has 0 spiro atoms. The Morgan fingerprint density at radius 1 is 0.974 bits per heavy atom. The molecule has 1 aromatic heterocycles. The topological polar surface area (TPSA) is 84.2 Å². The molecule has 6 nitrogen and oxygen atoms in total. The quantitative estimate of drug-likeness (QED) is 0.237. The smallest absolute Gasteiger partial charge is 0.225 e. The highest BCUT2D eigenvalue weighted by Crippen LogP contribution is 2.42. The third kappa shape index (κ3) is 5.99. The van der Waals surface area contributed by atoms with Gasteiger partial charge in [0.25, 0.3) is 0 Å². The minimum absolute atomic E-state index is 0.0862. The first-order valence-electron chi connectivity index (χ1n) is 12.2. The molecule has 0 aliphatic rings. The molecule has 0 bridgehead atoms. The molecule has 1 amide bonds. The second-order valence-corrected chi connectivity index (χ2v) is 9.80. The molecule has 0 saturated carbocycles. The monoisotopic (exact) mass is 523 g/mol. The fourth-order valence-corrected chi connectivity index (χ4v) is 5.15. The van der Waals surface area contributed by atoms with Crippen LogP contribution in [-0.2, 0) is 4.79 Å². The predicted molar refractivity (Wildman–Crippen MR) is 153 cm³/mol. The number of carbonyl (C=O) groups is 1. The zero-order valence-corrected chi connectivity index (χ0v) is 22.7. The molecular formula is C31H29N3O3S. The second-order valence-electron chi connectivity index (χ2n) is 8.72. The number of pyridine rings is 1. The minimum atomic E-state index is -0.0862. The maximum Gasteiger partial charge on any atom is 0.225 e. The number of benzene rings is 3. The molecule has 0 radical (unpaired) electrons. The van der Waals surface area contributed by atoms with Gasteiger partial charge < -0.3 is 14.8 Å². The lowest BCUT2D eigenvalue weighted by molar-refractivity contribution is -0.115. The van der Waals surface area contributed by atoms with Gasteiger partial charge in [0, 0.05) is 34.6 Å². The summed E-state index contributed by atoms with van der Waals surface area (Å²) in [6.07, 6.45) is 0.276. The van der Waals surface area contributed by atoms with Crippen LogP contribution in [0.1, 0.15) is 23.1 Å². The van der Waals surface area contributed by atoms with Crippen molar-refractivity contribution < 1.29 is 14.3 Å². The zero-order valence-electron chi connectivity index (χ0n) is 21.9. The minimum Gasteiger partial charge on any atom is -0.493 e. The Morgan fingerprint density at radius 2 is 1.76 bits per heavy atom. The third-order valence-electron chi connectivity index (χ3n) is 6.08. The van der Waals surface area contributed by atoms with Crippen molar-refractivity contribution in [3.05, 3.63) is 89.5 Å². The number of amides is 1. The van der Waals surface area contributed by atoms with Crippen LogP contribution in [0.3, 0.4) is 0 Å². The summed E-state index contributed by atoms with van der Waals surface area (Å²) in [5.74, 6) is 1.49. The molecule has 0 unspecified atom stereocenters. The first-order chi connectivity index (χ1) is 18.4. The van der Waals surface area contributed by atoms with Crippen molar-refractivity contribution in [2.24, 2.45) is 0 Å². The Kier molecular flexibility index (Phi) is 8.67. The van der Waals surface area contributed by atoms with Crippen molar-refractivity contribution >= 4 is 23.4 Å². The number of methoxy groups -OCH3 is 2. The number of nitriles is 1. The summed E-state index contributed by atoms with van der Waals surface area (Å²) in [5.41, 5.74) is 6.48. The van der Waals surface area contributed by atoms with Gasteiger partial charge in [0.2, 0.25) is 5.91 Å². The SMILES string of the molecule is COc1cccc(-c2cc(-c3ccccc3)nc(SCCC(=O)Nc3ccc(C)cc3C)c2C#N)c1OC. The van der Waals surface area contributed by atoms with Gasteiger partial charge in [-0.3, -0.25) is 4.79 Å². The number of hydrogen-bond acceptors (Lipinski definition) is 6. The van der Waals surface area contributed by atoms with E-state index in [1.807, 2.05) is 86.6 Å². The highest BCUT2D eigenvalue weighted by atomic mass is 32.2. The van der Waals surface area contributed by atoms with Gasteiger partial charge in [-0.05, 0) is 37.6 Å². The van der Waals surface area contributed by atoms with Crippen LogP contribution in [-0.4, -0.2) is 30.9 Å². The van der Waals surface area contributed by atoms with Crippen LogP contribution in [0.4, 0.5) is 5.69 Å². The van der Waals surface area contributed by atoms with Gasteiger partial charge >= 0.3 is 0 Å². The number of nitrogens with zero attached hydrogens (tertiary/aromatic N) is 2. The van der Waals surface area contributed by atoms with Gasteiger partial charge in [0.1, 0.15) is 11.1 Å². The van der Waals surface area contributed by atoms with Crippen LogP contribution >= 0.6 is 11.8 Å². The lowest BCUT2D eigenvalue weighted by atomic mass is 9.98. The number of aromatic nitrogens is 1. The Balaban J connectivity index is 1.67. The third-order valence-corrected chi connectivity index (χ3v) is 7.06. The van der Waals surface area contributed by atoms with Crippen molar-refractivity contribution in [3.8, 4) is 40.0 Å². The molecule has 4 aromatic rings. The van der Waals surface area contributed by atoms with Crippen LogP contribution in [0.15, 0.2) is 77.8 Å². The van der Waals surface area contributed by atoms with Gasteiger partial charge in [-0.2, -0.15) is 5.26 Å². The molecule has 0 aliphatic carbocycles. The summed E-state index contributed by atoms with van der Waals surface area (Å²) in [7, 11) is 3.16. The molecule has 0 fully saturated rings. The largest absolute Gasteiger partial charge is 0.493 e. The second kappa shape index (κ2) is 12.3. The molecule has 4 rings (SSSR count). The Hall–Kier alpha value is -4.28. The van der Waals surface area contributed by atoms with Gasteiger partial charge in [-0.25, -0.2) is 4.98 Å². The fourth-order valence-electron chi connectivity index (χ4n) is 4.21. The number of hydrogen-bond donors (Lipinski definition) is 1. The van der Waals surface area contributed by atoms with E-state index in [9.17, 15) is 10.1 Å². The average Bonchev–Trinajstić information content (AvgIpc) is 2.94. The Bertz CT molecular complexity index is 1500. The molecule has 0 atom stereocenters. The fraction of sp³-hybridized carbons (Fsp3) is 0.194. The lowest BCUT2D eigenvalue weighted by Crippen LogP contribution is -2.13. The normalized spacial score (nSPS) is 10.5. The summed E-state index contributed by atoms with van der Waals surface area (Å²) in [4.78, 5) is 17.5. The number of rotatable bonds is 9. The van der Waals surface area contributed by atoms with Gasteiger partial charge in [0.15, 0.2) is 11.5 Å². The Labute approximate surface area is 227 Å². The molecular weight excluding hydrogens is 494 g/mol. The number of aryl methyl sites for hydroxylation is 2. The summed E-state index contributed by atoms with van der Waals surface area (Å²) in [6.45, 7) is 4.00. The van der Waals surface area contributed by atoms with Crippen molar-refractivity contribution in [2.75, 3.05) is 25.3 Å². The lowest BCUT2D eigenvalue weighted by Gasteiger charge is -2.16. The summed E-state index contributed by atoms with van der Waals surface area (Å²) in [6, 6.07) is 25.6. The first kappa shape index (κ1) is 26.8. The number of thioether (sulfide) groups is 1. The number of carbonyl (C=O) groups excluding carboxylic acids is 1. The molecule has 38 heavy (non-hydrogen) atoms. The molecule has 1 N–H and O–H groups in total. The first-order valence-corrected chi connectivity index (χ1v) is 13.2. The van der Waals surface area contributed by atoms with E-state index in [0.717, 1.165) is 33.6 Å². The van der Waals surface area contributed by atoms with E-state index in [1.165, 1.54) is 11.8 Å². The molecule has 0 saturated heterocycles. The Morgan fingerprint density at radius 3 is 2.45 bits per heavy atom. The predicted octanol–water partition coefficient (Wildman–Crippen LogP) is 7.04. The maximum absolute atomic E-state index is 12.7. The molecule has 7 heteroatoms. The molecule has 1 heterocycles. The van der Waals surface area contributed by atoms with Gasteiger partial charge in [-0.1, -0.05) is 60.2 Å². The zero-order chi connectivity index (χ0) is 27.1. The molecule has 3 aromatic carbocycles. The van der Waals surface area contributed by atoms with Gasteiger partial charge in [0.05, 0.1) is 25.5 Å². The van der Waals surface area contributed by atoms with E-state index in [0.29, 0.717) is 33.4 Å². The van der Waals surface area contributed by atoms with Crippen LogP contribution in [0, 0.1) is 25.2 Å². The average molecular weight is 524 g/mol. The highest BCUT2D eigenvalue weighted by molar-refractivity contribution is 7.99. The van der Waals surface area contributed by atoms with Crippen molar-refractivity contribution in [1.29, 1.82) is 5.26 Å². The van der Waals surface area contributed by atoms with E-state index >= 15 is 0 Å². The van der Waals surface area contributed by atoms with Gasteiger partial charge in [-0.15, -0.1) is 11.8 Å². The van der Waals surface area contributed by atoms with Crippen molar-refractivity contribution in [2.45, 2.75) is 25.3 Å². The number of ether oxygens (including phenoxy) is 2. The number of anilines is 1. The van der Waals surface area contributed by atoms with E-state index < -0.39 is 0 Å². The highest BCUT2D eigenvalue weighted by Gasteiger charge is 2.20. The van der Waals surface area contributed by atoms with E-state index in [1.54, 1.807) is 14.2 Å². The molecule has 192 valence electrons.